The summed E-state index contributed by atoms with van der Waals surface area (Å²) in [5, 5.41) is 8.85. The minimum Gasteiger partial charge on any atom is -0.347 e. The normalized spacial score (nSPS) is 22.5. The average molecular weight is 259 g/mol. The van der Waals surface area contributed by atoms with Crippen molar-refractivity contribution in [2.45, 2.75) is 25.2 Å². The third-order valence-electron chi connectivity index (χ3n) is 3.78. The van der Waals surface area contributed by atoms with E-state index in [1.165, 1.54) is 0 Å². The lowest BCUT2D eigenvalue weighted by molar-refractivity contribution is -0.185. The Labute approximate surface area is 112 Å². The fraction of sp³-hybridized carbons (Fsp3) is 0.571. The van der Waals surface area contributed by atoms with Crippen LogP contribution in [0.1, 0.15) is 24.1 Å². The van der Waals surface area contributed by atoms with Crippen LogP contribution in [0.3, 0.4) is 0 Å². The van der Waals surface area contributed by atoms with Gasteiger partial charge in [-0.25, -0.2) is 4.98 Å². The van der Waals surface area contributed by atoms with Crippen molar-refractivity contribution in [1.82, 2.24) is 9.88 Å². The van der Waals surface area contributed by atoms with Crippen molar-refractivity contribution in [3.63, 3.8) is 0 Å². The Kier molecular flexibility index (Phi) is 3.47. The molecule has 0 amide bonds. The molecule has 5 heteroatoms. The zero-order chi connectivity index (χ0) is 13.1. The highest BCUT2D eigenvalue weighted by Gasteiger charge is 2.39. The van der Waals surface area contributed by atoms with Crippen LogP contribution in [-0.4, -0.2) is 42.0 Å². The quantitative estimate of drug-likeness (QED) is 0.801. The van der Waals surface area contributed by atoms with E-state index in [-0.39, 0.29) is 5.79 Å². The zero-order valence-corrected chi connectivity index (χ0v) is 10.8. The standard InChI is InChI=1S/C14H17N3O2/c15-10-13-9-12(1-4-16-13)11-17-5-2-14(3-6-17)18-7-8-19-14/h1,4,9H,2-3,5-8,11H2. The first-order valence-electron chi connectivity index (χ1n) is 6.65. The average Bonchev–Trinajstić information content (AvgIpc) is 2.90. The molecule has 19 heavy (non-hydrogen) atoms. The molecule has 0 atom stereocenters. The number of pyridine rings is 1. The largest absolute Gasteiger partial charge is 0.347 e. The van der Waals surface area contributed by atoms with E-state index in [0.717, 1.165) is 51.3 Å². The van der Waals surface area contributed by atoms with Crippen molar-refractivity contribution in [3.8, 4) is 6.07 Å². The van der Waals surface area contributed by atoms with E-state index in [1.807, 2.05) is 12.1 Å². The van der Waals surface area contributed by atoms with Crippen LogP contribution in [-0.2, 0) is 16.0 Å². The predicted octanol–water partition coefficient (Wildman–Crippen LogP) is 1.29. The molecule has 2 aliphatic heterocycles. The van der Waals surface area contributed by atoms with Crippen molar-refractivity contribution in [2.24, 2.45) is 0 Å². The van der Waals surface area contributed by atoms with Gasteiger partial charge in [0.1, 0.15) is 11.8 Å². The van der Waals surface area contributed by atoms with Crippen LogP contribution in [0.2, 0.25) is 0 Å². The van der Waals surface area contributed by atoms with Crippen molar-refractivity contribution in [2.75, 3.05) is 26.3 Å². The van der Waals surface area contributed by atoms with Gasteiger partial charge in [-0.15, -0.1) is 0 Å². The summed E-state index contributed by atoms with van der Waals surface area (Å²) in [4.78, 5) is 6.36. The Hall–Kier alpha value is -1.48. The van der Waals surface area contributed by atoms with Gasteiger partial charge in [-0.05, 0) is 17.7 Å². The molecule has 0 saturated carbocycles. The van der Waals surface area contributed by atoms with Crippen LogP contribution in [0, 0.1) is 11.3 Å². The Morgan fingerprint density at radius 3 is 2.74 bits per heavy atom. The Balaban J connectivity index is 1.58. The highest BCUT2D eigenvalue weighted by atomic mass is 16.7. The second-order valence-electron chi connectivity index (χ2n) is 5.04. The second-order valence-corrected chi connectivity index (χ2v) is 5.04. The number of rotatable bonds is 2. The van der Waals surface area contributed by atoms with Crippen LogP contribution in [0.25, 0.3) is 0 Å². The predicted molar refractivity (Wildman–Crippen MR) is 68.1 cm³/mol. The van der Waals surface area contributed by atoms with Gasteiger partial charge in [0.15, 0.2) is 5.79 Å². The van der Waals surface area contributed by atoms with Crippen molar-refractivity contribution >= 4 is 0 Å². The Morgan fingerprint density at radius 2 is 2.05 bits per heavy atom. The van der Waals surface area contributed by atoms with E-state index < -0.39 is 0 Å². The summed E-state index contributed by atoms with van der Waals surface area (Å²) in [5.74, 6) is -0.313. The molecule has 100 valence electrons. The summed E-state index contributed by atoms with van der Waals surface area (Å²) in [6.45, 7) is 4.22. The number of aromatic nitrogens is 1. The third kappa shape index (κ3) is 2.76. The molecular weight excluding hydrogens is 242 g/mol. The topological polar surface area (TPSA) is 58.4 Å². The molecule has 0 unspecified atom stereocenters. The number of likely N-dealkylation sites (tertiary alicyclic amines) is 1. The van der Waals surface area contributed by atoms with E-state index in [9.17, 15) is 0 Å². The Bertz CT molecular complexity index is 482. The fourth-order valence-electron chi connectivity index (χ4n) is 2.73. The van der Waals surface area contributed by atoms with Crippen LogP contribution >= 0.6 is 0 Å². The van der Waals surface area contributed by atoms with Gasteiger partial charge < -0.3 is 9.47 Å². The molecule has 2 aliphatic rings. The lowest BCUT2D eigenvalue weighted by Gasteiger charge is -2.37. The highest BCUT2D eigenvalue weighted by Crippen LogP contribution is 2.31. The molecule has 0 aliphatic carbocycles. The van der Waals surface area contributed by atoms with Gasteiger partial charge in [0, 0.05) is 38.7 Å². The molecular formula is C14H17N3O2. The summed E-state index contributed by atoms with van der Waals surface area (Å²) in [6, 6.07) is 5.89. The van der Waals surface area contributed by atoms with Crippen molar-refractivity contribution in [3.05, 3.63) is 29.6 Å². The van der Waals surface area contributed by atoms with Gasteiger partial charge >= 0.3 is 0 Å². The first-order chi connectivity index (χ1) is 9.30. The summed E-state index contributed by atoms with van der Waals surface area (Å²) in [7, 11) is 0. The molecule has 2 saturated heterocycles. The van der Waals surface area contributed by atoms with E-state index >= 15 is 0 Å². The number of ether oxygens (including phenoxy) is 2. The summed E-state index contributed by atoms with van der Waals surface area (Å²) >= 11 is 0. The zero-order valence-electron chi connectivity index (χ0n) is 10.8. The summed E-state index contributed by atoms with van der Waals surface area (Å²) in [5.41, 5.74) is 1.61. The number of hydrogen-bond donors (Lipinski definition) is 0. The van der Waals surface area contributed by atoms with Gasteiger partial charge in [0.2, 0.25) is 0 Å². The van der Waals surface area contributed by atoms with E-state index in [4.69, 9.17) is 14.7 Å². The molecule has 2 fully saturated rings. The minimum atomic E-state index is -0.313. The van der Waals surface area contributed by atoms with E-state index in [1.54, 1.807) is 6.20 Å². The van der Waals surface area contributed by atoms with Crippen LogP contribution in [0.15, 0.2) is 18.3 Å². The fourth-order valence-corrected chi connectivity index (χ4v) is 2.73. The minimum absolute atomic E-state index is 0.313. The molecule has 3 heterocycles. The van der Waals surface area contributed by atoms with Crippen molar-refractivity contribution < 1.29 is 9.47 Å². The molecule has 1 aromatic heterocycles. The smallest absolute Gasteiger partial charge is 0.170 e. The third-order valence-corrected chi connectivity index (χ3v) is 3.78. The molecule has 3 rings (SSSR count). The lowest BCUT2D eigenvalue weighted by Crippen LogP contribution is -2.44. The molecule has 0 aromatic carbocycles. The van der Waals surface area contributed by atoms with E-state index in [0.29, 0.717) is 5.69 Å². The number of hydrogen-bond acceptors (Lipinski definition) is 5. The van der Waals surface area contributed by atoms with Gasteiger partial charge in [0.05, 0.1) is 13.2 Å². The number of piperidine rings is 1. The molecule has 0 radical (unpaired) electrons. The van der Waals surface area contributed by atoms with Gasteiger partial charge in [0.25, 0.3) is 0 Å². The molecule has 1 spiro atoms. The highest BCUT2D eigenvalue weighted by molar-refractivity contribution is 5.25. The summed E-state index contributed by atoms with van der Waals surface area (Å²) < 4.78 is 11.4. The van der Waals surface area contributed by atoms with E-state index in [2.05, 4.69) is 16.0 Å². The molecule has 0 N–H and O–H groups in total. The second kappa shape index (κ2) is 5.25. The number of nitriles is 1. The maximum Gasteiger partial charge on any atom is 0.170 e. The Morgan fingerprint density at radius 1 is 1.32 bits per heavy atom. The van der Waals surface area contributed by atoms with Gasteiger partial charge in [-0.1, -0.05) is 0 Å². The monoisotopic (exact) mass is 259 g/mol. The van der Waals surface area contributed by atoms with Crippen LogP contribution < -0.4 is 0 Å². The molecule has 5 nitrogen and oxygen atoms in total. The maximum atomic E-state index is 8.85. The number of nitrogens with zero attached hydrogens (tertiary/aromatic N) is 3. The first-order valence-corrected chi connectivity index (χ1v) is 6.65. The van der Waals surface area contributed by atoms with Crippen LogP contribution in [0.4, 0.5) is 0 Å². The van der Waals surface area contributed by atoms with Gasteiger partial charge in [-0.3, -0.25) is 4.90 Å². The molecule has 1 aromatic rings. The van der Waals surface area contributed by atoms with Crippen molar-refractivity contribution in [1.29, 1.82) is 5.26 Å². The lowest BCUT2D eigenvalue weighted by atomic mass is 10.0. The first kappa shape index (κ1) is 12.5. The van der Waals surface area contributed by atoms with Crippen LogP contribution in [0.5, 0.6) is 0 Å². The van der Waals surface area contributed by atoms with Gasteiger partial charge in [-0.2, -0.15) is 5.26 Å². The maximum absolute atomic E-state index is 8.85. The summed E-state index contributed by atoms with van der Waals surface area (Å²) in [6.07, 6.45) is 3.54. The SMILES string of the molecule is N#Cc1cc(CN2CCC3(CC2)OCCO3)ccn1. The molecule has 0 bridgehead atoms.